The molecular formula is C22H26O6. The number of hydrogen-bond donors (Lipinski definition) is 1. The number of hydrogen-bond acceptors (Lipinski definition) is 6. The first kappa shape index (κ1) is 19.4. The van der Waals surface area contributed by atoms with Gasteiger partial charge in [-0.3, -0.25) is 0 Å². The van der Waals surface area contributed by atoms with E-state index in [-0.39, 0.29) is 0 Å². The lowest BCUT2D eigenvalue weighted by atomic mass is 9.93. The van der Waals surface area contributed by atoms with Crippen molar-refractivity contribution in [2.45, 2.75) is 43.7 Å². The average molecular weight is 386 g/mol. The zero-order valence-electron chi connectivity index (χ0n) is 16.0. The molecule has 6 nitrogen and oxygen atoms in total. The summed E-state index contributed by atoms with van der Waals surface area (Å²) in [6.07, 6.45) is -1.39. The minimum atomic E-state index is -0.837. The Labute approximate surface area is 164 Å². The van der Waals surface area contributed by atoms with Crippen molar-refractivity contribution in [3.8, 4) is 5.75 Å². The minimum absolute atomic E-state index is 0.329. The molecule has 0 saturated carbocycles. The lowest BCUT2D eigenvalue weighted by Crippen LogP contribution is -2.49. The highest BCUT2D eigenvalue weighted by Crippen LogP contribution is 2.41. The molecule has 0 spiro atoms. The zero-order chi connectivity index (χ0) is 19.4. The summed E-state index contributed by atoms with van der Waals surface area (Å²) < 4.78 is 28.8. The maximum absolute atomic E-state index is 10.6. The van der Waals surface area contributed by atoms with E-state index in [2.05, 4.69) is 0 Å². The molecule has 2 bridgehead atoms. The van der Waals surface area contributed by atoms with Crippen molar-refractivity contribution in [2.75, 3.05) is 20.3 Å². The van der Waals surface area contributed by atoms with Gasteiger partial charge in [-0.2, -0.15) is 0 Å². The first-order chi connectivity index (χ1) is 13.7. The fourth-order valence-electron chi connectivity index (χ4n) is 3.77. The molecule has 0 aliphatic carbocycles. The smallest absolute Gasteiger partial charge is 0.186 e. The number of ether oxygens (including phenoxy) is 5. The Hall–Kier alpha value is -1.96. The van der Waals surface area contributed by atoms with E-state index in [1.165, 1.54) is 0 Å². The van der Waals surface area contributed by atoms with Gasteiger partial charge in [0.1, 0.15) is 23.6 Å². The maximum Gasteiger partial charge on any atom is 0.186 e. The fraction of sp³-hybridized carbons (Fsp3) is 0.455. The molecule has 0 unspecified atom stereocenters. The van der Waals surface area contributed by atoms with Gasteiger partial charge in [-0.25, -0.2) is 0 Å². The summed E-state index contributed by atoms with van der Waals surface area (Å²) in [6.45, 7) is 1.69. The molecule has 2 aromatic carbocycles. The Balaban J connectivity index is 1.39. The van der Waals surface area contributed by atoms with E-state index in [0.29, 0.717) is 32.8 Å². The van der Waals surface area contributed by atoms with Gasteiger partial charge in [0.15, 0.2) is 6.29 Å². The largest absolute Gasteiger partial charge is 0.497 e. The van der Waals surface area contributed by atoms with Crippen LogP contribution in [0, 0.1) is 0 Å². The molecule has 2 heterocycles. The third kappa shape index (κ3) is 4.06. The van der Waals surface area contributed by atoms with E-state index < -0.39 is 24.1 Å². The minimum Gasteiger partial charge on any atom is -0.497 e. The van der Waals surface area contributed by atoms with Crippen LogP contribution >= 0.6 is 0 Å². The lowest BCUT2D eigenvalue weighted by Gasteiger charge is -2.36. The van der Waals surface area contributed by atoms with Crippen molar-refractivity contribution in [1.29, 1.82) is 0 Å². The number of aliphatic hydroxyl groups is 1. The number of aliphatic hydroxyl groups excluding tert-OH is 1. The Morgan fingerprint density at radius 2 is 1.79 bits per heavy atom. The maximum atomic E-state index is 10.6. The van der Waals surface area contributed by atoms with E-state index in [9.17, 15) is 5.11 Å². The van der Waals surface area contributed by atoms with Crippen LogP contribution in [0.5, 0.6) is 5.75 Å². The number of benzene rings is 2. The van der Waals surface area contributed by atoms with Gasteiger partial charge in [0.05, 0.1) is 33.5 Å². The summed E-state index contributed by atoms with van der Waals surface area (Å²) in [7, 11) is 1.64. The molecule has 150 valence electrons. The van der Waals surface area contributed by atoms with Gasteiger partial charge in [0, 0.05) is 6.42 Å². The molecular weight excluding hydrogens is 360 g/mol. The molecule has 6 heteroatoms. The Morgan fingerprint density at radius 3 is 2.54 bits per heavy atom. The summed E-state index contributed by atoms with van der Waals surface area (Å²) in [5.41, 5.74) is 1.39. The van der Waals surface area contributed by atoms with Crippen molar-refractivity contribution in [3.63, 3.8) is 0 Å². The molecule has 1 N–H and O–H groups in total. The second-order valence-electron chi connectivity index (χ2n) is 7.22. The van der Waals surface area contributed by atoms with Gasteiger partial charge in [-0.05, 0) is 23.3 Å². The predicted molar refractivity (Wildman–Crippen MR) is 102 cm³/mol. The summed E-state index contributed by atoms with van der Waals surface area (Å²) in [5.74, 6) is 0.811. The third-order valence-corrected chi connectivity index (χ3v) is 5.31. The zero-order valence-corrected chi connectivity index (χ0v) is 16.0. The monoisotopic (exact) mass is 386 g/mol. The van der Waals surface area contributed by atoms with Crippen LogP contribution in [0.1, 0.15) is 17.5 Å². The van der Waals surface area contributed by atoms with Gasteiger partial charge >= 0.3 is 0 Å². The van der Waals surface area contributed by atoms with Gasteiger partial charge in [0.2, 0.25) is 0 Å². The van der Waals surface area contributed by atoms with Gasteiger partial charge in [-0.15, -0.1) is 0 Å². The van der Waals surface area contributed by atoms with Gasteiger partial charge in [-0.1, -0.05) is 42.5 Å². The molecule has 0 aromatic heterocycles. The predicted octanol–water partition coefficient (Wildman–Crippen LogP) is 2.67. The van der Waals surface area contributed by atoms with Gasteiger partial charge in [0.25, 0.3) is 0 Å². The number of methoxy groups -OCH3 is 1. The van der Waals surface area contributed by atoms with E-state index in [4.69, 9.17) is 23.7 Å². The second kappa shape index (κ2) is 8.59. The number of rotatable bonds is 8. The van der Waals surface area contributed by atoms with Crippen LogP contribution in [0.25, 0.3) is 0 Å². The van der Waals surface area contributed by atoms with Crippen LogP contribution in [0.2, 0.25) is 0 Å². The topological polar surface area (TPSA) is 66.4 Å². The van der Waals surface area contributed by atoms with E-state index in [1.807, 2.05) is 54.6 Å². The van der Waals surface area contributed by atoms with E-state index >= 15 is 0 Å². The van der Waals surface area contributed by atoms with Crippen molar-refractivity contribution in [2.24, 2.45) is 0 Å². The molecule has 2 aliphatic heterocycles. The van der Waals surface area contributed by atoms with Crippen LogP contribution in [0.15, 0.2) is 54.6 Å². The molecule has 2 saturated heterocycles. The highest BCUT2D eigenvalue weighted by Gasteiger charge is 2.58. The van der Waals surface area contributed by atoms with Crippen LogP contribution in [0.3, 0.4) is 0 Å². The fourth-order valence-corrected chi connectivity index (χ4v) is 3.77. The Kier molecular flexibility index (Phi) is 5.94. The SMILES string of the molecule is COc1ccc(COC[C@]23CCO[C@H](O2)[C@H](O)[C@H]3OCc2ccccc2)cc1. The average Bonchev–Trinajstić information content (AvgIpc) is 2.92. The first-order valence-corrected chi connectivity index (χ1v) is 9.54. The van der Waals surface area contributed by atoms with Crippen LogP contribution < -0.4 is 4.74 Å². The van der Waals surface area contributed by atoms with Crippen molar-refractivity contribution in [3.05, 3.63) is 65.7 Å². The molecule has 4 rings (SSSR count). The molecule has 0 radical (unpaired) electrons. The quantitative estimate of drug-likeness (QED) is 0.753. The van der Waals surface area contributed by atoms with Crippen molar-refractivity contribution < 1.29 is 28.8 Å². The number of fused-ring (bicyclic) bond motifs is 2. The summed E-state index contributed by atoms with van der Waals surface area (Å²) in [4.78, 5) is 0. The molecule has 4 atom stereocenters. The molecule has 2 aromatic rings. The van der Waals surface area contributed by atoms with E-state index in [1.54, 1.807) is 7.11 Å². The molecule has 0 amide bonds. The summed E-state index contributed by atoms with van der Waals surface area (Å²) in [5, 5.41) is 10.6. The highest BCUT2D eigenvalue weighted by atomic mass is 16.7. The summed E-state index contributed by atoms with van der Waals surface area (Å²) in [6, 6.07) is 17.6. The lowest BCUT2D eigenvalue weighted by molar-refractivity contribution is -0.248. The van der Waals surface area contributed by atoms with E-state index in [0.717, 1.165) is 16.9 Å². The van der Waals surface area contributed by atoms with Crippen LogP contribution in [0.4, 0.5) is 0 Å². The molecule has 2 aliphatic rings. The van der Waals surface area contributed by atoms with Gasteiger partial charge < -0.3 is 28.8 Å². The van der Waals surface area contributed by atoms with Crippen LogP contribution in [-0.2, 0) is 32.2 Å². The van der Waals surface area contributed by atoms with Crippen molar-refractivity contribution >= 4 is 0 Å². The second-order valence-corrected chi connectivity index (χ2v) is 7.22. The highest BCUT2D eigenvalue weighted by molar-refractivity contribution is 5.26. The Bertz CT molecular complexity index is 749. The Morgan fingerprint density at radius 1 is 1.04 bits per heavy atom. The first-order valence-electron chi connectivity index (χ1n) is 9.54. The van der Waals surface area contributed by atoms with Crippen molar-refractivity contribution in [1.82, 2.24) is 0 Å². The van der Waals surface area contributed by atoms with Crippen LogP contribution in [-0.4, -0.2) is 49.5 Å². The standard InChI is InChI=1S/C22H26O6/c1-24-18-9-7-17(8-10-18)13-25-15-22-11-12-26-21(28-22)19(23)20(22)27-14-16-5-3-2-4-6-16/h2-10,19-21,23H,11-15H2,1H3/t19-,20-,21-,22+/m1/s1. The third-order valence-electron chi connectivity index (χ3n) is 5.31. The molecule has 2 fully saturated rings. The normalized spacial score (nSPS) is 29.0. The molecule has 28 heavy (non-hydrogen) atoms. The summed E-state index contributed by atoms with van der Waals surface area (Å²) >= 11 is 0.